The van der Waals surface area contributed by atoms with E-state index in [1.807, 2.05) is 0 Å². The van der Waals surface area contributed by atoms with Crippen LogP contribution in [0.2, 0.25) is 0 Å². The number of methoxy groups -OCH3 is 1. The van der Waals surface area contributed by atoms with Crippen molar-refractivity contribution in [2.24, 2.45) is 0 Å². The maximum Gasteiger partial charge on any atom is 0.268 e. The first-order valence-electron chi connectivity index (χ1n) is 8.65. The molecule has 5 nitrogen and oxygen atoms in total. The molecule has 1 aromatic heterocycles. The summed E-state index contributed by atoms with van der Waals surface area (Å²) in [7, 11) is -2.38. The lowest BCUT2D eigenvalue weighted by atomic mass is 10.0. The van der Waals surface area contributed by atoms with E-state index in [2.05, 4.69) is 0 Å². The lowest BCUT2D eigenvalue weighted by Crippen LogP contribution is -2.12. The van der Waals surface area contributed by atoms with E-state index in [1.165, 1.54) is 41.5 Å². The number of benzene rings is 3. The molecule has 1 heterocycles. The smallest absolute Gasteiger partial charge is 0.268 e. The van der Waals surface area contributed by atoms with Gasteiger partial charge in [-0.3, -0.25) is 0 Å². The van der Waals surface area contributed by atoms with Gasteiger partial charge >= 0.3 is 0 Å². The summed E-state index contributed by atoms with van der Waals surface area (Å²) in [6, 6.07) is 19.1. The Balaban J connectivity index is 1.93. The van der Waals surface area contributed by atoms with Crippen molar-refractivity contribution < 1.29 is 17.5 Å². The van der Waals surface area contributed by atoms with E-state index in [0.717, 1.165) is 0 Å². The van der Waals surface area contributed by atoms with E-state index in [0.29, 0.717) is 27.8 Å². The summed E-state index contributed by atoms with van der Waals surface area (Å²) in [6.45, 7) is 0. The molecule has 0 saturated heterocycles. The van der Waals surface area contributed by atoms with E-state index < -0.39 is 15.8 Å². The van der Waals surface area contributed by atoms with Gasteiger partial charge in [0.25, 0.3) is 10.0 Å². The van der Waals surface area contributed by atoms with Crippen molar-refractivity contribution in [3.05, 3.63) is 84.3 Å². The molecular formula is C22H15FN2O3S. The standard InChI is InChI=1S/C22H15FN2O3S/c1-28-18-7-9-19(10-8-18)29(26,27)25-12-11-15-3-2-4-20(22(15)25)16-5-6-17(14-24)21(23)13-16/h2-13H,1H3. The van der Waals surface area contributed by atoms with Crippen LogP contribution in [0.3, 0.4) is 0 Å². The molecule has 0 aliphatic rings. The van der Waals surface area contributed by atoms with Gasteiger partial charge in [0.15, 0.2) is 0 Å². The summed E-state index contributed by atoms with van der Waals surface area (Å²) in [5.74, 6) is -0.104. The Morgan fingerprint density at radius 2 is 1.79 bits per heavy atom. The van der Waals surface area contributed by atoms with Crippen molar-refractivity contribution in [3.8, 4) is 22.9 Å². The molecule has 0 saturated carbocycles. The minimum atomic E-state index is -3.89. The second-order valence-electron chi connectivity index (χ2n) is 6.34. The lowest BCUT2D eigenvalue weighted by Gasteiger charge is -2.12. The third-order valence-electron chi connectivity index (χ3n) is 4.69. The number of hydrogen-bond acceptors (Lipinski definition) is 4. The molecule has 144 valence electrons. The van der Waals surface area contributed by atoms with Crippen LogP contribution in [0.5, 0.6) is 5.75 Å². The zero-order valence-electron chi connectivity index (χ0n) is 15.3. The molecule has 7 heteroatoms. The van der Waals surface area contributed by atoms with Crippen LogP contribution < -0.4 is 4.74 Å². The highest BCUT2D eigenvalue weighted by Gasteiger charge is 2.21. The average molecular weight is 406 g/mol. The van der Waals surface area contributed by atoms with Crippen LogP contribution in [-0.2, 0) is 10.0 Å². The molecule has 0 amide bonds. The molecule has 0 unspecified atom stereocenters. The third kappa shape index (κ3) is 3.13. The van der Waals surface area contributed by atoms with Gasteiger partial charge in [-0.15, -0.1) is 0 Å². The Morgan fingerprint density at radius 1 is 1.03 bits per heavy atom. The molecule has 3 aromatic carbocycles. The Hall–Kier alpha value is -3.63. The predicted molar refractivity (Wildman–Crippen MR) is 108 cm³/mol. The minimum absolute atomic E-state index is 0.0674. The van der Waals surface area contributed by atoms with Gasteiger partial charge in [-0.25, -0.2) is 16.8 Å². The van der Waals surface area contributed by atoms with Crippen molar-refractivity contribution in [1.29, 1.82) is 5.26 Å². The number of fused-ring (bicyclic) bond motifs is 1. The summed E-state index contributed by atoms with van der Waals surface area (Å²) in [6.07, 6.45) is 1.48. The fraction of sp³-hybridized carbons (Fsp3) is 0.0455. The van der Waals surface area contributed by atoms with Crippen LogP contribution in [-0.4, -0.2) is 19.5 Å². The highest BCUT2D eigenvalue weighted by Crippen LogP contribution is 2.33. The fourth-order valence-electron chi connectivity index (χ4n) is 3.23. The molecule has 0 aliphatic carbocycles. The van der Waals surface area contributed by atoms with E-state index in [4.69, 9.17) is 10.00 Å². The second kappa shape index (κ2) is 7.08. The number of nitriles is 1. The molecule has 0 bridgehead atoms. The Bertz CT molecular complexity index is 1370. The highest BCUT2D eigenvalue weighted by atomic mass is 32.2. The number of rotatable bonds is 4. The Morgan fingerprint density at radius 3 is 2.45 bits per heavy atom. The van der Waals surface area contributed by atoms with Crippen molar-refractivity contribution in [2.75, 3.05) is 7.11 Å². The van der Waals surface area contributed by atoms with Gasteiger partial charge in [0, 0.05) is 17.1 Å². The van der Waals surface area contributed by atoms with Gasteiger partial charge < -0.3 is 4.74 Å². The lowest BCUT2D eigenvalue weighted by molar-refractivity contribution is 0.414. The average Bonchev–Trinajstić information content (AvgIpc) is 3.19. The Kier molecular flexibility index (Phi) is 4.57. The molecule has 0 fully saturated rings. The van der Waals surface area contributed by atoms with Crippen molar-refractivity contribution in [1.82, 2.24) is 3.97 Å². The zero-order chi connectivity index (χ0) is 20.6. The molecule has 0 atom stereocenters. The van der Waals surface area contributed by atoms with Gasteiger partial charge in [0.1, 0.15) is 17.6 Å². The van der Waals surface area contributed by atoms with Crippen molar-refractivity contribution in [2.45, 2.75) is 4.90 Å². The van der Waals surface area contributed by atoms with Gasteiger partial charge in [-0.1, -0.05) is 24.3 Å². The van der Waals surface area contributed by atoms with Gasteiger partial charge in [-0.2, -0.15) is 5.26 Å². The fourth-order valence-corrected chi connectivity index (χ4v) is 4.60. The SMILES string of the molecule is COc1ccc(S(=O)(=O)n2ccc3cccc(-c4ccc(C#N)c(F)c4)c32)cc1. The predicted octanol–water partition coefficient (Wildman–Crippen LogP) is 4.56. The summed E-state index contributed by atoms with van der Waals surface area (Å²) in [4.78, 5) is 0.108. The van der Waals surface area contributed by atoms with Crippen LogP contribution >= 0.6 is 0 Å². The first kappa shape index (κ1) is 18.7. The number of ether oxygens (including phenoxy) is 1. The van der Waals surface area contributed by atoms with E-state index in [1.54, 1.807) is 48.5 Å². The van der Waals surface area contributed by atoms with E-state index >= 15 is 0 Å². The quantitative estimate of drug-likeness (QED) is 0.498. The number of nitrogens with zero attached hydrogens (tertiary/aromatic N) is 2. The molecule has 4 aromatic rings. The van der Waals surface area contributed by atoms with Crippen LogP contribution in [0.4, 0.5) is 4.39 Å². The van der Waals surface area contributed by atoms with Crippen molar-refractivity contribution >= 4 is 20.9 Å². The highest BCUT2D eigenvalue weighted by molar-refractivity contribution is 7.90. The maximum atomic E-state index is 14.2. The number of para-hydroxylation sites is 1. The first-order chi connectivity index (χ1) is 14.0. The minimum Gasteiger partial charge on any atom is -0.497 e. The number of halogens is 1. The number of aromatic nitrogens is 1. The first-order valence-corrected chi connectivity index (χ1v) is 10.1. The zero-order valence-corrected chi connectivity index (χ0v) is 16.2. The Labute approximate surface area is 167 Å². The monoisotopic (exact) mass is 406 g/mol. The van der Waals surface area contributed by atoms with Crippen molar-refractivity contribution in [3.63, 3.8) is 0 Å². The molecule has 0 N–H and O–H groups in total. The topological polar surface area (TPSA) is 72.1 Å². The third-order valence-corrected chi connectivity index (χ3v) is 6.38. The molecule has 4 rings (SSSR count). The van der Waals surface area contributed by atoms with E-state index in [-0.39, 0.29) is 10.5 Å². The van der Waals surface area contributed by atoms with Crippen LogP contribution in [0.25, 0.3) is 22.0 Å². The summed E-state index contributed by atoms with van der Waals surface area (Å²) in [5, 5.41) is 9.65. The van der Waals surface area contributed by atoms with Crippen LogP contribution in [0.15, 0.2) is 77.8 Å². The summed E-state index contributed by atoms with van der Waals surface area (Å²) >= 11 is 0. The largest absolute Gasteiger partial charge is 0.497 e. The molecule has 29 heavy (non-hydrogen) atoms. The van der Waals surface area contributed by atoms with Crippen LogP contribution in [0, 0.1) is 17.1 Å². The number of hydrogen-bond donors (Lipinski definition) is 0. The summed E-state index contributed by atoms with van der Waals surface area (Å²) in [5.41, 5.74) is 1.40. The molecule has 0 aliphatic heterocycles. The molecule has 0 radical (unpaired) electrons. The molecule has 0 spiro atoms. The summed E-state index contributed by atoms with van der Waals surface area (Å²) < 4.78 is 47.0. The van der Waals surface area contributed by atoms with Gasteiger partial charge in [-0.05, 0) is 48.0 Å². The van der Waals surface area contributed by atoms with Crippen LogP contribution in [0.1, 0.15) is 5.56 Å². The van der Waals surface area contributed by atoms with E-state index in [9.17, 15) is 12.8 Å². The van der Waals surface area contributed by atoms with Gasteiger partial charge in [0.05, 0.1) is 23.1 Å². The molecular weight excluding hydrogens is 391 g/mol. The maximum absolute atomic E-state index is 14.2. The second-order valence-corrected chi connectivity index (χ2v) is 8.16. The normalized spacial score (nSPS) is 11.3. The van der Waals surface area contributed by atoms with Gasteiger partial charge in [0.2, 0.25) is 0 Å².